The molecule has 1 aromatic carbocycles. The lowest BCUT2D eigenvalue weighted by Crippen LogP contribution is -2.19. The molecule has 2 heterocycles. The van der Waals surface area contributed by atoms with E-state index in [1.165, 1.54) is 7.11 Å². The largest absolute Gasteiger partial charge is 0.495 e. The van der Waals surface area contributed by atoms with Crippen molar-refractivity contribution in [3.05, 3.63) is 46.6 Å². The van der Waals surface area contributed by atoms with Crippen molar-refractivity contribution >= 4 is 29.0 Å². The van der Waals surface area contributed by atoms with Gasteiger partial charge >= 0.3 is 0 Å². The topological polar surface area (TPSA) is 72.5 Å². The first-order valence-electron chi connectivity index (χ1n) is 8.54. The van der Waals surface area contributed by atoms with Crippen LogP contribution in [0, 0.1) is 6.92 Å². The minimum Gasteiger partial charge on any atom is -0.495 e. The van der Waals surface area contributed by atoms with E-state index >= 15 is 0 Å². The van der Waals surface area contributed by atoms with Crippen LogP contribution in [0.3, 0.4) is 0 Å². The average Bonchev–Trinajstić information content (AvgIpc) is 3.17. The van der Waals surface area contributed by atoms with Gasteiger partial charge in [0.25, 0.3) is 5.91 Å². The van der Waals surface area contributed by atoms with E-state index in [4.69, 9.17) is 21.1 Å². The van der Waals surface area contributed by atoms with E-state index in [0.29, 0.717) is 22.0 Å². The molecule has 7 heteroatoms. The Labute approximate surface area is 157 Å². The van der Waals surface area contributed by atoms with Gasteiger partial charge in [-0.2, -0.15) is 0 Å². The van der Waals surface area contributed by atoms with Gasteiger partial charge in [0.05, 0.1) is 24.5 Å². The van der Waals surface area contributed by atoms with Gasteiger partial charge < -0.3 is 20.1 Å². The number of hydrogen-bond donors (Lipinski definition) is 2. The van der Waals surface area contributed by atoms with Crippen molar-refractivity contribution < 1.29 is 14.3 Å². The Hall–Kier alpha value is -2.31. The predicted molar refractivity (Wildman–Crippen MR) is 102 cm³/mol. The maximum Gasteiger partial charge on any atom is 0.257 e. The van der Waals surface area contributed by atoms with Crippen molar-refractivity contribution in [1.82, 2.24) is 4.98 Å². The molecule has 1 amide bonds. The number of rotatable bonds is 6. The molecule has 1 aromatic heterocycles. The molecule has 0 radical (unpaired) electrons. The van der Waals surface area contributed by atoms with Crippen LogP contribution in [0.25, 0.3) is 0 Å². The maximum atomic E-state index is 12.5. The highest BCUT2D eigenvalue weighted by molar-refractivity contribution is 6.31. The van der Waals surface area contributed by atoms with Crippen LogP contribution in [0.2, 0.25) is 5.02 Å². The number of hydrogen-bond acceptors (Lipinski definition) is 5. The molecule has 0 aliphatic carbocycles. The van der Waals surface area contributed by atoms with E-state index in [9.17, 15) is 4.79 Å². The number of methoxy groups -OCH3 is 1. The number of amides is 1. The number of ether oxygens (including phenoxy) is 2. The molecule has 1 fully saturated rings. The number of benzene rings is 1. The van der Waals surface area contributed by atoms with Crippen LogP contribution in [-0.2, 0) is 4.74 Å². The van der Waals surface area contributed by atoms with Crippen LogP contribution in [0.15, 0.2) is 30.5 Å². The number of anilines is 2. The number of aromatic nitrogens is 1. The number of carbonyl (C=O) groups excluding carboxylic acids is 1. The van der Waals surface area contributed by atoms with Crippen molar-refractivity contribution in [3.8, 4) is 5.75 Å². The zero-order valence-electron chi connectivity index (χ0n) is 14.8. The highest BCUT2D eigenvalue weighted by Crippen LogP contribution is 2.31. The first-order valence-corrected chi connectivity index (χ1v) is 8.91. The Morgan fingerprint density at radius 2 is 2.27 bits per heavy atom. The number of pyridine rings is 1. The summed E-state index contributed by atoms with van der Waals surface area (Å²) < 4.78 is 10.8. The zero-order chi connectivity index (χ0) is 18.5. The molecule has 1 saturated heterocycles. The summed E-state index contributed by atoms with van der Waals surface area (Å²) >= 11 is 6.09. The quantitative estimate of drug-likeness (QED) is 0.801. The first-order chi connectivity index (χ1) is 12.6. The fraction of sp³-hybridized carbons (Fsp3) is 0.368. The second-order valence-corrected chi connectivity index (χ2v) is 6.61. The van der Waals surface area contributed by atoms with Gasteiger partial charge in [0, 0.05) is 30.4 Å². The van der Waals surface area contributed by atoms with E-state index in [0.717, 1.165) is 37.4 Å². The number of carbonyl (C=O) groups is 1. The lowest BCUT2D eigenvalue weighted by molar-refractivity contribution is 0.102. The highest BCUT2D eigenvalue weighted by Gasteiger charge is 2.15. The van der Waals surface area contributed by atoms with Crippen LogP contribution in [0.5, 0.6) is 5.75 Å². The van der Waals surface area contributed by atoms with E-state index in [1.807, 2.05) is 6.92 Å². The van der Waals surface area contributed by atoms with Gasteiger partial charge in [-0.1, -0.05) is 11.6 Å². The summed E-state index contributed by atoms with van der Waals surface area (Å²) in [5.41, 5.74) is 1.89. The summed E-state index contributed by atoms with van der Waals surface area (Å²) in [6.45, 7) is 3.42. The van der Waals surface area contributed by atoms with E-state index < -0.39 is 0 Å². The summed E-state index contributed by atoms with van der Waals surface area (Å²) in [6.07, 6.45) is 3.95. The average molecular weight is 376 g/mol. The molecule has 26 heavy (non-hydrogen) atoms. The number of aryl methyl sites for hydroxylation is 1. The molecule has 0 saturated carbocycles. The summed E-state index contributed by atoms with van der Waals surface area (Å²) in [5.74, 6) is 0.969. The standard InChI is InChI=1S/C19H22ClN3O3/c1-12-8-16(17(25-2)9-15(12)20)23-19(24)13-5-6-18(21-10-13)22-11-14-4-3-7-26-14/h5-6,8-10,14H,3-4,7,11H2,1-2H3,(H,21,22)(H,23,24). The van der Waals surface area contributed by atoms with Gasteiger partial charge in [0.2, 0.25) is 0 Å². The summed E-state index contributed by atoms with van der Waals surface area (Å²) in [7, 11) is 1.53. The van der Waals surface area contributed by atoms with Crippen molar-refractivity contribution in [1.29, 1.82) is 0 Å². The van der Waals surface area contributed by atoms with Gasteiger partial charge in [0.15, 0.2) is 0 Å². The molecule has 138 valence electrons. The summed E-state index contributed by atoms with van der Waals surface area (Å²) in [4.78, 5) is 16.8. The Morgan fingerprint density at radius 3 is 2.92 bits per heavy atom. The highest BCUT2D eigenvalue weighted by atomic mass is 35.5. The Morgan fingerprint density at radius 1 is 1.42 bits per heavy atom. The van der Waals surface area contributed by atoms with Gasteiger partial charge in [-0.05, 0) is 43.5 Å². The number of halogens is 1. The molecule has 3 rings (SSSR count). The van der Waals surface area contributed by atoms with Crippen LogP contribution in [0.4, 0.5) is 11.5 Å². The molecule has 6 nitrogen and oxygen atoms in total. The van der Waals surface area contributed by atoms with Crippen LogP contribution in [0.1, 0.15) is 28.8 Å². The molecule has 2 aromatic rings. The first kappa shape index (κ1) is 18.5. The maximum absolute atomic E-state index is 12.5. The van der Waals surface area contributed by atoms with E-state index in [2.05, 4.69) is 15.6 Å². The molecular weight excluding hydrogens is 354 g/mol. The molecule has 0 bridgehead atoms. The molecular formula is C19H22ClN3O3. The van der Waals surface area contributed by atoms with E-state index in [1.54, 1.807) is 30.5 Å². The lowest BCUT2D eigenvalue weighted by atomic mass is 10.2. The fourth-order valence-electron chi connectivity index (χ4n) is 2.78. The fourth-order valence-corrected chi connectivity index (χ4v) is 2.93. The SMILES string of the molecule is COc1cc(Cl)c(C)cc1NC(=O)c1ccc(NCC2CCCO2)nc1. The molecule has 1 unspecified atom stereocenters. The van der Waals surface area contributed by atoms with Crippen molar-refractivity contribution in [2.45, 2.75) is 25.9 Å². The molecule has 1 aliphatic heterocycles. The zero-order valence-corrected chi connectivity index (χ0v) is 15.6. The molecule has 1 atom stereocenters. The predicted octanol–water partition coefficient (Wildman–Crippen LogP) is 3.90. The third-order valence-electron chi connectivity index (χ3n) is 4.29. The van der Waals surface area contributed by atoms with Gasteiger partial charge in [-0.3, -0.25) is 4.79 Å². The lowest BCUT2D eigenvalue weighted by Gasteiger charge is -2.13. The van der Waals surface area contributed by atoms with Gasteiger partial charge in [-0.25, -0.2) is 4.98 Å². The smallest absolute Gasteiger partial charge is 0.257 e. The third-order valence-corrected chi connectivity index (χ3v) is 4.70. The van der Waals surface area contributed by atoms with Crippen LogP contribution >= 0.6 is 11.6 Å². The minimum atomic E-state index is -0.261. The third kappa shape index (κ3) is 4.45. The van der Waals surface area contributed by atoms with Crippen molar-refractivity contribution in [2.24, 2.45) is 0 Å². The monoisotopic (exact) mass is 375 g/mol. The molecule has 0 spiro atoms. The normalized spacial score (nSPS) is 16.3. The molecule has 1 aliphatic rings. The van der Waals surface area contributed by atoms with Gasteiger partial charge in [-0.15, -0.1) is 0 Å². The Bertz CT molecular complexity index is 774. The number of nitrogens with one attached hydrogen (secondary N) is 2. The van der Waals surface area contributed by atoms with Crippen LogP contribution < -0.4 is 15.4 Å². The Kier molecular flexibility index (Phi) is 5.96. The Balaban J connectivity index is 1.63. The van der Waals surface area contributed by atoms with Crippen LogP contribution in [-0.4, -0.2) is 37.3 Å². The number of nitrogens with zero attached hydrogens (tertiary/aromatic N) is 1. The van der Waals surface area contributed by atoms with Crippen molar-refractivity contribution in [2.75, 3.05) is 30.9 Å². The second kappa shape index (κ2) is 8.38. The minimum absolute atomic E-state index is 0.236. The van der Waals surface area contributed by atoms with Crippen molar-refractivity contribution in [3.63, 3.8) is 0 Å². The van der Waals surface area contributed by atoms with Gasteiger partial charge in [0.1, 0.15) is 11.6 Å². The summed E-state index contributed by atoms with van der Waals surface area (Å²) in [6, 6.07) is 6.98. The summed E-state index contributed by atoms with van der Waals surface area (Å²) in [5, 5.41) is 6.66. The molecule has 2 N–H and O–H groups in total. The van der Waals surface area contributed by atoms with E-state index in [-0.39, 0.29) is 12.0 Å². The second-order valence-electron chi connectivity index (χ2n) is 6.20.